The van der Waals surface area contributed by atoms with Gasteiger partial charge >= 0.3 is 108 Å². The van der Waals surface area contributed by atoms with E-state index in [1.54, 1.807) is 18.2 Å². The first-order valence-electron chi connectivity index (χ1n) is 7.25. The van der Waals surface area contributed by atoms with Gasteiger partial charge in [0.25, 0.3) is 0 Å². The normalized spacial score (nSPS) is 11.5. The third-order valence-electron chi connectivity index (χ3n) is 3.45. The Labute approximate surface area is 143 Å². The zero-order valence-corrected chi connectivity index (χ0v) is 15.1. The summed E-state index contributed by atoms with van der Waals surface area (Å²) in [5.74, 6) is 0.492. The molecular weight excluding hydrogens is 349 g/mol. The SMILES string of the molecule is Cc1cc(C(=C[AsH2])C(=O)c2ccccc2)on1.c1cc2cc-2c1. The summed E-state index contributed by atoms with van der Waals surface area (Å²) in [5, 5.41) is 3.80. The first-order valence-corrected chi connectivity index (χ1v) is 8.64. The summed E-state index contributed by atoms with van der Waals surface area (Å²) in [6, 6.07) is 19.4. The number of Topliss-reactive ketones (excluding diaryl/α,β-unsaturated/α-hetero) is 1. The fourth-order valence-corrected chi connectivity index (χ4v) is 2.84. The van der Waals surface area contributed by atoms with Gasteiger partial charge in [-0.05, 0) is 17.2 Å². The minimum atomic E-state index is -0.0360. The van der Waals surface area contributed by atoms with Crippen LogP contribution in [0.4, 0.5) is 0 Å². The molecule has 4 rings (SSSR count). The van der Waals surface area contributed by atoms with E-state index in [9.17, 15) is 4.79 Å². The van der Waals surface area contributed by atoms with Gasteiger partial charge < -0.3 is 0 Å². The maximum atomic E-state index is 12.2. The maximum Gasteiger partial charge on any atom is -0.0178 e. The minimum Gasteiger partial charge on any atom is -0.0610 e. The van der Waals surface area contributed by atoms with Crippen LogP contribution < -0.4 is 0 Å². The van der Waals surface area contributed by atoms with E-state index in [2.05, 4.69) is 29.4 Å². The molecule has 23 heavy (non-hydrogen) atoms. The number of ketones is 1. The zero-order valence-electron chi connectivity index (χ0n) is 12.7. The van der Waals surface area contributed by atoms with Crippen molar-refractivity contribution in [3.63, 3.8) is 0 Å². The van der Waals surface area contributed by atoms with Crippen LogP contribution >= 0.6 is 0 Å². The van der Waals surface area contributed by atoms with Crippen LogP contribution in [0, 0.1) is 6.92 Å². The molecule has 0 aliphatic heterocycles. The molecule has 1 aromatic carbocycles. The fraction of sp³-hybridized carbons (Fsp3) is 0.0526. The van der Waals surface area contributed by atoms with E-state index in [0.717, 1.165) is 5.69 Å². The van der Waals surface area contributed by atoms with Crippen LogP contribution in [-0.2, 0) is 0 Å². The second-order valence-corrected chi connectivity index (χ2v) is 5.89. The molecule has 1 unspecified atom stereocenters. The quantitative estimate of drug-likeness (QED) is 0.317. The Morgan fingerprint density at radius 3 is 2.17 bits per heavy atom. The van der Waals surface area contributed by atoms with Crippen molar-refractivity contribution in [2.24, 2.45) is 0 Å². The van der Waals surface area contributed by atoms with Crippen molar-refractivity contribution in [3.8, 4) is 11.1 Å². The van der Waals surface area contributed by atoms with Crippen LogP contribution in [0.15, 0.2) is 70.1 Å². The van der Waals surface area contributed by atoms with Crippen molar-refractivity contribution in [2.45, 2.75) is 6.92 Å². The molecule has 2 aliphatic carbocycles. The molecule has 0 radical (unpaired) electrons. The van der Waals surface area contributed by atoms with Crippen LogP contribution in [0.5, 0.6) is 0 Å². The molecule has 0 saturated carbocycles. The van der Waals surface area contributed by atoms with E-state index in [-0.39, 0.29) is 5.78 Å². The molecule has 0 bridgehead atoms. The third kappa shape index (κ3) is 3.69. The predicted molar refractivity (Wildman–Crippen MR) is 94.0 cm³/mol. The summed E-state index contributed by atoms with van der Waals surface area (Å²) in [6.45, 7) is 1.83. The summed E-state index contributed by atoms with van der Waals surface area (Å²) in [4.78, 5) is 14.0. The number of hydrogen-bond donors (Lipinski definition) is 0. The number of hydrogen-bond acceptors (Lipinski definition) is 3. The van der Waals surface area contributed by atoms with Crippen LogP contribution in [0.3, 0.4) is 0 Å². The van der Waals surface area contributed by atoms with Crippen LogP contribution in [0.2, 0.25) is 0 Å². The van der Waals surface area contributed by atoms with E-state index in [1.165, 1.54) is 28.0 Å². The number of fused-ring (bicyclic) bond motifs is 1. The van der Waals surface area contributed by atoms with Crippen molar-refractivity contribution in [3.05, 3.63) is 82.5 Å². The zero-order chi connectivity index (χ0) is 16.2. The molecule has 0 amide bonds. The fourth-order valence-electron chi connectivity index (χ4n) is 2.18. The van der Waals surface area contributed by atoms with Gasteiger partial charge in [-0.3, -0.25) is 0 Å². The van der Waals surface area contributed by atoms with Crippen molar-refractivity contribution in [1.29, 1.82) is 0 Å². The maximum absolute atomic E-state index is 12.2. The molecule has 0 fully saturated rings. The van der Waals surface area contributed by atoms with Gasteiger partial charge in [-0.2, -0.15) is 0 Å². The number of carbonyl (C=O) groups excluding carboxylic acids is 1. The van der Waals surface area contributed by atoms with E-state index in [1.807, 2.05) is 30.0 Å². The van der Waals surface area contributed by atoms with Gasteiger partial charge in [0.2, 0.25) is 0 Å². The number of benzene rings is 2. The van der Waals surface area contributed by atoms with Gasteiger partial charge in [0.1, 0.15) is 0 Å². The van der Waals surface area contributed by atoms with Gasteiger partial charge in [-0.1, -0.05) is 18.2 Å². The van der Waals surface area contributed by atoms with Crippen molar-refractivity contribution < 1.29 is 9.32 Å². The van der Waals surface area contributed by atoms with E-state index in [0.29, 0.717) is 16.9 Å². The van der Waals surface area contributed by atoms with Crippen molar-refractivity contribution in [2.75, 3.05) is 0 Å². The number of carbonyl (C=O) groups is 1. The van der Waals surface area contributed by atoms with Gasteiger partial charge in [-0.15, -0.1) is 0 Å². The average Bonchev–Trinajstić information content (AvgIpc) is 2.95. The number of rotatable bonds is 3. The number of aromatic nitrogens is 1. The van der Waals surface area contributed by atoms with Crippen LogP contribution in [0.1, 0.15) is 21.8 Å². The molecule has 4 heteroatoms. The molecule has 1 aromatic heterocycles. The van der Waals surface area contributed by atoms with E-state index >= 15 is 0 Å². The van der Waals surface area contributed by atoms with E-state index < -0.39 is 0 Å². The Bertz CT molecular complexity index is 849. The number of nitrogens with zero attached hydrogens (tertiary/aromatic N) is 1. The molecule has 114 valence electrons. The molecule has 2 aromatic rings. The Kier molecular flexibility index (Phi) is 4.59. The van der Waals surface area contributed by atoms with Gasteiger partial charge in [0, 0.05) is 0 Å². The standard InChI is InChI=1S/C13H12AsNO2.C6H4/c1-9-7-12(17-15-9)11(8-14)13(16)10-5-3-2-4-6-10;1-2-5-4-6(5)3-1/h2-8H,14H2,1H3;1-4H. The predicted octanol–water partition coefficient (Wildman–Crippen LogP) is 3.51. The van der Waals surface area contributed by atoms with Crippen LogP contribution in [-0.4, -0.2) is 27.8 Å². The van der Waals surface area contributed by atoms with Crippen molar-refractivity contribution in [1.82, 2.24) is 5.16 Å². The summed E-state index contributed by atoms with van der Waals surface area (Å²) in [5.41, 5.74) is 4.85. The molecular formula is C19H16AsNO2. The summed E-state index contributed by atoms with van der Waals surface area (Å²) >= 11 is 1.36. The number of aryl methyl sites for hydroxylation is 1. The summed E-state index contributed by atoms with van der Waals surface area (Å²) in [6.07, 6.45) is 0. The summed E-state index contributed by atoms with van der Waals surface area (Å²) < 4.78 is 5.13. The third-order valence-corrected chi connectivity index (χ3v) is 4.15. The first kappa shape index (κ1) is 15.5. The molecule has 1 heterocycles. The van der Waals surface area contributed by atoms with Gasteiger partial charge in [0.05, 0.1) is 0 Å². The molecule has 3 nitrogen and oxygen atoms in total. The molecule has 2 aliphatic rings. The van der Waals surface area contributed by atoms with Gasteiger partial charge in [-0.25, -0.2) is 0 Å². The minimum absolute atomic E-state index is 0.0360. The second kappa shape index (κ2) is 6.80. The monoisotopic (exact) mass is 365 g/mol. The molecule has 0 spiro atoms. The second-order valence-electron chi connectivity index (χ2n) is 5.19. The van der Waals surface area contributed by atoms with Crippen LogP contribution in [0.25, 0.3) is 16.7 Å². The Morgan fingerprint density at radius 1 is 1.04 bits per heavy atom. The molecule has 1 atom stereocenters. The average molecular weight is 365 g/mol. The smallest absolute Gasteiger partial charge is 0.0178 e. The Balaban J connectivity index is 0.000000213. The van der Waals surface area contributed by atoms with Gasteiger partial charge in [0.15, 0.2) is 0 Å². The Morgan fingerprint density at radius 2 is 1.74 bits per heavy atom. The largest absolute Gasteiger partial charge is 0.0610 e. The Hall–Kier alpha value is -2.38. The molecule has 0 N–H and O–H groups in total. The summed E-state index contributed by atoms with van der Waals surface area (Å²) in [7, 11) is 0. The topological polar surface area (TPSA) is 43.1 Å². The first-order chi connectivity index (χ1) is 11.2. The van der Waals surface area contributed by atoms with E-state index in [4.69, 9.17) is 4.52 Å². The van der Waals surface area contributed by atoms with Crippen molar-refractivity contribution >= 4 is 28.2 Å². The molecule has 0 saturated heterocycles. The number of allylic oxidation sites excluding steroid dienone is 1.